The highest BCUT2D eigenvalue weighted by atomic mass is 32.2. The first-order valence-corrected chi connectivity index (χ1v) is 12.0. The van der Waals surface area contributed by atoms with Gasteiger partial charge < -0.3 is 4.90 Å². The molecular formula is C19H26N2O4S2. The Morgan fingerprint density at radius 3 is 2.04 bits per heavy atom. The van der Waals surface area contributed by atoms with E-state index in [1.807, 2.05) is 38.1 Å². The van der Waals surface area contributed by atoms with Gasteiger partial charge in [-0.3, -0.25) is 0 Å². The van der Waals surface area contributed by atoms with E-state index >= 15 is 0 Å². The van der Waals surface area contributed by atoms with Crippen LogP contribution in [0.25, 0.3) is 0 Å². The molecule has 0 saturated carbocycles. The van der Waals surface area contributed by atoms with Crippen molar-refractivity contribution in [1.29, 1.82) is 0 Å². The summed E-state index contributed by atoms with van der Waals surface area (Å²) in [7, 11) is -7.05. The van der Waals surface area contributed by atoms with Gasteiger partial charge in [-0.25, -0.2) is 21.6 Å². The topological polar surface area (TPSA) is 83.6 Å². The van der Waals surface area contributed by atoms with Crippen LogP contribution in [0.5, 0.6) is 0 Å². The van der Waals surface area contributed by atoms with E-state index in [4.69, 9.17) is 0 Å². The lowest BCUT2D eigenvalue weighted by Gasteiger charge is -2.25. The molecule has 0 aliphatic heterocycles. The summed E-state index contributed by atoms with van der Waals surface area (Å²) in [5.74, 6) is -0.0247. The molecule has 0 aromatic heterocycles. The van der Waals surface area contributed by atoms with Gasteiger partial charge >= 0.3 is 0 Å². The lowest BCUT2D eigenvalue weighted by atomic mass is 10.2. The molecule has 2 aromatic carbocycles. The number of nitrogens with one attached hydrogen (secondary N) is 1. The number of sulfonamides is 1. The quantitative estimate of drug-likeness (QED) is 0.687. The summed E-state index contributed by atoms with van der Waals surface area (Å²) in [5, 5.41) is 0. The van der Waals surface area contributed by atoms with Gasteiger partial charge in [-0.1, -0.05) is 25.1 Å². The minimum Gasteiger partial charge on any atom is -0.370 e. The number of para-hydroxylation sites is 1. The van der Waals surface area contributed by atoms with Crippen molar-refractivity contribution in [2.24, 2.45) is 0 Å². The van der Waals surface area contributed by atoms with Crippen molar-refractivity contribution in [3.8, 4) is 0 Å². The molecule has 6 nitrogen and oxygen atoms in total. The maximum absolute atomic E-state index is 12.5. The lowest BCUT2D eigenvalue weighted by Crippen LogP contribution is -2.35. The van der Waals surface area contributed by atoms with Crippen LogP contribution in [-0.2, 0) is 19.9 Å². The lowest BCUT2D eigenvalue weighted by molar-refractivity contribution is 0.580. The van der Waals surface area contributed by atoms with Crippen molar-refractivity contribution in [3.05, 3.63) is 54.1 Å². The van der Waals surface area contributed by atoms with Crippen molar-refractivity contribution >= 4 is 25.5 Å². The van der Waals surface area contributed by atoms with Gasteiger partial charge in [-0.05, 0) is 49.7 Å². The Morgan fingerprint density at radius 2 is 1.48 bits per heavy atom. The number of nitrogens with zero attached hydrogens (tertiary/aromatic N) is 1. The molecule has 8 heteroatoms. The summed E-state index contributed by atoms with van der Waals surface area (Å²) in [6.45, 7) is 7.13. The van der Waals surface area contributed by atoms with Crippen LogP contribution >= 0.6 is 0 Å². The summed E-state index contributed by atoms with van der Waals surface area (Å²) in [5.41, 5.74) is 2.21. The molecule has 0 saturated heterocycles. The minimum atomic E-state index is -3.70. The maximum atomic E-state index is 12.5. The van der Waals surface area contributed by atoms with Gasteiger partial charge in [-0.15, -0.1) is 0 Å². The van der Waals surface area contributed by atoms with E-state index in [2.05, 4.69) is 9.62 Å². The number of rotatable bonds is 9. The highest BCUT2D eigenvalue weighted by Crippen LogP contribution is 2.19. The van der Waals surface area contributed by atoms with E-state index in [1.165, 1.54) is 24.3 Å². The second-order valence-electron chi connectivity index (χ2n) is 6.14. The molecule has 2 rings (SSSR count). The Labute approximate surface area is 162 Å². The monoisotopic (exact) mass is 410 g/mol. The van der Waals surface area contributed by atoms with Gasteiger partial charge in [0.1, 0.15) is 0 Å². The van der Waals surface area contributed by atoms with Crippen LogP contribution in [0.1, 0.15) is 19.4 Å². The molecule has 0 amide bonds. The van der Waals surface area contributed by atoms with E-state index in [9.17, 15) is 16.8 Å². The molecule has 0 aliphatic rings. The first kappa shape index (κ1) is 21.4. The number of anilines is 1. The number of likely N-dealkylation sites (N-methyl/N-ethyl adjacent to an activating group) is 1. The van der Waals surface area contributed by atoms with Gasteiger partial charge in [0.2, 0.25) is 10.0 Å². The molecule has 0 fully saturated rings. The molecule has 0 heterocycles. The molecule has 0 atom stereocenters. The van der Waals surface area contributed by atoms with Crippen molar-refractivity contribution in [2.45, 2.75) is 30.6 Å². The fourth-order valence-electron chi connectivity index (χ4n) is 2.76. The smallest absolute Gasteiger partial charge is 0.240 e. The predicted octanol–water partition coefficient (Wildman–Crippen LogP) is 2.59. The Kier molecular flexibility index (Phi) is 7.02. The van der Waals surface area contributed by atoms with E-state index < -0.39 is 19.9 Å². The Balaban J connectivity index is 2.05. The third-order valence-electron chi connectivity index (χ3n) is 4.38. The first-order valence-electron chi connectivity index (χ1n) is 8.84. The van der Waals surface area contributed by atoms with Gasteiger partial charge in [0.15, 0.2) is 9.84 Å². The van der Waals surface area contributed by atoms with Crippen molar-refractivity contribution in [2.75, 3.05) is 30.3 Å². The molecule has 0 radical (unpaired) electrons. The average molecular weight is 411 g/mol. The molecular weight excluding hydrogens is 384 g/mol. The molecule has 0 unspecified atom stereocenters. The number of hydrogen-bond acceptors (Lipinski definition) is 5. The van der Waals surface area contributed by atoms with E-state index in [0.717, 1.165) is 17.8 Å². The van der Waals surface area contributed by atoms with E-state index in [0.29, 0.717) is 6.54 Å². The number of benzene rings is 2. The SMILES string of the molecule is CCN(CCNS(=O)(=O)c1ccc(S(=O)(=O)CC)cc1)c1ccccc1C. The van der Waals surface area contributed by atoms with Crippen LogP contribution in [-0.4, -0.2) is 42.2 Å². The maximum Gasteiger partial charge on any atom is 0.240 e. The molecule has 27 heavy (non-hydrogen) atoms. The summed E-state index contributed by atoms with van der Waals surface area (Å²) in [6.07, 6.45) is 0. The number of sulfone groups is 1. The van der Waals surface area contributed by atoms with Crippen molar-refractivity contribution < 1.29 is 16.8 Å². The average Bonchev–Trinajstić information content (AvgIpc) is 2.66. The normalized spacial score (nSPS) is 12.1. The Hall–Kier alpha value is -1.90. The third kappa shape index (κ3) is 5.31. The van der Waals surface area contributed by atoms with Gasteiger partial charge in [-0.2, -0.15) is 0 Å². The molecule has 1 N–H and O–H groups in total. The van der Waals surface area contributed by atoms with E-state index in [1.54, 1.807) is 6.92 Å². The molecule has 0 aliphatic carbocycles. The third-order valence-corrected chi connectivity index (χ3v) is 7.61. The van der Waals surface area contributed by atoms with Crippen LogP contribution < -0.4 is 9.62 Å². The van der Waals surface area contributed by atoms with Crippen LogP contribution in [0, 0.1) is 6.92 Å². The van der Waals surface area contributed by atoms with Crippen molar-refractivity contribution in [1.82, 2.24) is 4.72 Å². The second-order valence-corrected chi connectivity index (χ2v) is 10.2. The minimum absolute atomic E-state index is 0.0247. The highest BCUT2D eigenvalue weighted by Gasteiger charge is 2.17. The van der Waals surface area contributed by atoms with E-state index in [-0.39, 0.29) is 22.1 Å². The fourth-order valence-corrected chi connectivity index (χ4v) is 4.66. The van der Waals surface area contributed by atoms with Crippen LogP contribution in [0.3, 0.4) is 0 Å². The zero-order valence-electron chi connectivity index (χ0n) is 15.8. The predicted molar refractivity (Wildman–Crippen MR) is 108 cm³/mol. The van der Waals surface area contributed by atoms with Gasteiger partial charge in [0.05, 0.1) is 15.5 Å². The summed E-state index contributed by atoms with van der Waals surface area (Å²) in [4.78, 5) is 2.28. The zero-order valence-corrected chi connectivity index (χ0v) is 17.5. The van der Waals surface area contributed by atoms with Gasteiger partial charge in [0, 0.05) is 25.3 Å². The molecule has 0 bridgehead atoms. The first-order chi connectivity index (χ1) is 12.7. The molecule has 0 spiro atoms. The summed E-state index contributed by atoms with van der Waals surface area (Å²) in [6, 6.07) is 13.3. The number of aryl methyl sites for hydroxylation is 1. The Bertz CT molecular complexity index is 969. The zero-order chi connectivity index (χ0) is 20.1. The van der Waals surface area contributed by atoms with Crippen LogP contribution in [0.2, 0.25) is 0 Å². The second kappa shape index (κ2) is 8.86. The van der Waals surface area contributed by atoms with Crippen molar-refractivity contribution in [3.63, 3.8) is 0 Å². The molecule has 148 valence electrons. The van der Waals surface area contributed by atoms with Crippen LogP contribution in [0.4, 0.5) is 5.69 Å². The summed E-state index contributed by atoms with van der Waals surface area (Å²) >= 11 is 0. The fraction of sp³-hybridized carbons (Fsp3) is 0.368. The number of hydrogen-bond donors (Lipinski definition) is 1. The highest BCUT2D eigenvalue weighted by molar-refractivity contribution is 7.91. The van der Waals surface area contributed by atoms with Crippen LogP contribution in [0.15, 0.2) is 58.3 Å². The summed E-state index contributed by atoms with van der Waals surface area (Å²) < 4.78 is 51.2. The molecule has 2 aromatic rings. The largest absolute Gasteiger partial charge is 0.370 e. The Morgan fingerprint density at radius 1 is 0.889 bits per heavy atom. The van der Waals surface area contributed by atoms with Gasteiger partial charge in [0.25, 0.3) is 0 Å². The standard InChI is InChI=1S/C19H26N2O4S2/c1-4-21(19-9-7-6-8-16(19)3)15-14-20-27(24,25)18-12-10-17(11-13-18)26(22,23)5-2/h6-13,20H,4-5,14-15H2,1-3H3.